The molecule has 0 aliphatic rings. The molecule has 0 rings (SSSR count). The second-order valence-corrected chi connectivity index (χ2v) is 5.47. The Morgan fingerprint density at radius 1 is 0.952 bits per heavy atom. The third-order valence-electron chi connectivity index (χ3n) is 2.58. The molecule has 0 aromatic carbocycles. The van der Waals surface area contributed by atoms with Crippen molar-refractivity contribution < 1.29 is 23.9 Å². The third-order valence-corrected chi connectivity index (χ3v) is 2.58. The van der Waals surface area contributed by atoms with Gasteiger partial charge in [0, 0.05) is 32.3 Å². The number of nitrogens with one attached hydrogen (secondary N) is 1. The summed E-state index contributed by atoms with van der Waals surface area (Å²) in [5.74, 6) is -0.356. The van der Waals surface area contributed by atoms with Crippen LogP contribution in [0.3, 0.4) is 0 Å². The van der Waals surface area contributed by atoms with Gasteiger partial charge in [0.1, 0.15) is 12.4 Å². The van der Waals surface area contributed by atoms with Crippen molar-refractivity contribution in [3.8, 4) is 0 Å². The van der Waals surface area contributed by atoms with E-state index in [1.54, 1.807) is 0 Å². The van der Waals surface area contributed by atoms with Crippen LogP contribution in [0, 0.1) is 5.92 Å². The van der Waals surface area contributed by atoms with Crippen LogP contribution in [0.2, 0.25) is 0 Å². The summed E-state index contributed by atoms with van der Waals surface area (Å²) in [6.07, 6.45) is 0.480. The Morgan fingerprint density at radius 3 is 2.14 bits per heavy atom. The number of ether oxygens (including phenoxy) is 1. The van der Waals surface area contributed by atoms with Crippen LogP contribution in [0.1, 0.15) is 46.5 Å². The first kappa shape index (κ1) is 19.4. The summed E-state index contributed by atoms with van der Waals surface area (Å²) in [6, 6.07) is 0. The van der Waals surface area contributed by atoms with Crippen molar-refractivity contribution >= 4 is 23.3 Å². The van der Waals surface area contributed by atoms with Gasteiger partial charge in [0.05, 0.1) is 6.54 Å². The van der Waals surface area contributed by atoms with E-state index in [0.29, 0.717) is 12.5 Å². The Morgan fingerprint density at radius 2 is 1.57 bits per heavy atom. The molecule has 0 unspecified atom stereocenters. The maximum absolute atomic E-state index is 11.4. The summed E-state index contributed by atoms with van der Waals surface area (Å²) in [6.45, 7) is 5.83. The van der Waals surface area contributed by atoms with Crippen molar-refractivity contribution in [2.75, 3.05) is 19.8 Å². The third kappa shape index (κ3) is 13.2. The van der Waals surface area contributed by atoms with Crippen LogP contribution in [0.15, 0.2) is 0 Å². The largest absolute Gasteiger partial charge is 0.373 e. The molecule has 0 saturated carbocycles. The molecule has 6 nitrogen and oxygen atoms in total. The molecule has 120 valence electrons. The minimum absolute atomic E-state index is 0.0169. The minimum atomic E-state index is -0.344. The normalized spacial score (nSPS) is 10.5. The highest BCUT2D eigenvalue weighted by atomic mass is 16.5. The van der Waals surface area contributed by atoms with Crippen molar-refractivity contribution in [2.45, 2.75) is 46.5 Å². The first-order chi connectivity index (χ1) is 9.81. The van der Waals surface area contributed by atoms with Gasteiger partial charge in [-0.1, -0.05) is 13.8 Å². The zero-order valence-electron chi connectivity index (χ0n) is 13.1. The number of amides is 1. The van der Waals surface area contributed by atoms with E-state index in [9.17, 15) is 19.2 Å². The summed E-state index contributed by atoms with van der Waals surface area (Å²) >= 11 is 0. The first-order valence-electron chi connectivity index (χ1n) is 7.18. The molecule has 0 spiro atoms. The number of hydrogen-bond acceptors (Lipinski definition) is 5. The smallest absolute Gasteiger partial charge is 0.220 e. The lowest BCUT2D eigenvalue weighted by atomic mass is 10.1. The highest BCUT2D eigenvalue weighted by Gasteiger charge is 2.10. The zero-order valence-corrected chi connectivity index (χ0v) is 13.1. The van der Waals surface area contributed by atoms with Gasteiger partial charge in [-0.3, -0.25) is 14.4 Å². The van der Waals surface area contributed by atoms with Crippen LogP contribution in [-0.4, -0.2) is 43.0 Å². The van der Waals surface area contributed by atoms with Gasteiger partial charge in [-0.2, -0.15) is 0 Å². The molecule has 0 heterocycles. The number of ketones is 3. The number of carbonyl (C=O) groups is 4. The SMILES string of the molecule is CC(=O)CCC(=O)CNC(=O)CCC(=O)COCC(C)C. The van der Waals surface area contributed by atoms with Crippen molar-refractivity contribution in [1.29, 1.82) is 0 Å². The monoisotopic (exact) mass is 299 g/mol. The predicted molar refractivity (Wildman–Crippen MR) is 77.8 cm³/mol. The number of Topliss-reactive ketones (excluding diaryl/α,β-unsaturated/α-hetero) is 3. The summed E-state index contributed by atoms with van der Waals surface area (Å²) in [7, 11) is 0. The fraction of sp³-hybridized carbons (Fsp3) is 0.733. The Balaban J connectivity index is 3.68. The molecule has 0 saturated heterocycles. The van der Waals surface area contributed by atoms with Crippen LogP contribution in [0.5, 0.6) is 0 Å². The maximum Gasteiger partial charge on any atom is 0.220 e. The van der Waals surface area contributed by atoms with Crippen molar-refractivity contribution in [1.82, 2.24) is 5.32 Å². The van der Waals surface area contributed by atoms with Crippen molar-refractivity contribution in [3.05, 3.63) is 0 Å². The summed E-state index contributed by atoms with van der Waals surface area (Å²) in [4.78, 5) is 44.9. The second kappa shape index (κ2) is 11.1. The molecule has 0 fully saturated rings. The molecule has 0 aliphatic heterocycles. The van der Waals surface area contributed by atoms with Gasteiger partial charge < -0.3 is 14.8 Å². The topological polar surface area (TPSA) is 89.5 Å². The molecule has 0 aliphatic carbocycles. The Hall–Kier alpha value is -1.56. The van der Waals surface area contributed by atoms with Crippen LogP contribution in [0.25, 0.3) is 0 Å². The van der Waals surface area contributed by atoms with E-state index in [2.05, 4.69) is 5.32 Å². The molecule has 0 bridgehead atoms. The Bertz CT molecular complexity index is 376. The molecule has 1 amide bonds. The lowest BCUT2D eigenvalue weighted by Gasteiger charge is -2.06. The fourth-order valence-corrected chi connectivity index (χ4v) is 1.42. The molecule has 0 aromatic rings. The average molecular weight is 299 g/mol. The molecule has 6 heteroatoms. The Kier molecular flexibility index (Phi) is 10.3. The fourth-order valence-electron chi connectivity index (χ4n) is 1.42. The molecular weight excluding hydrogens is 274 g/mol. The van der Waals surface area contributed by atoms with Crippen molar-refractivity contribution in [2.24, 2.45) is 5.92 Å². The van der Waals surface area contributed by atoms with Crippen LogP contribution >= 0.6 is 0 Å². The van der Waals surface area contributed by atoms with E-state index in [4.69, 9.17) is 4.74 Å². The molecular formula is C15H25NO5. The highest BCUT2D eigenvalue weighted by Crippen LogP contribution is 1.97. The van der Waals surface area contributed by atoms with Gasteiger partial charge in [-0.15, -0.1) is 0 Å². The standard InChI is InChI=1S/C15H25NO5/c1-11(2)9-21-10-14(19)6-7-15(20)16-8-13(18)5-4-12(3)17/h11H,4-10H2,1-3H3,(H,16,20). The molecule has 0 aromatic heterocycles. The van der Waals surface area contributed by atoms with Crippen molar-refractivity contribution in [3.63, 3.8) is 0 Å². The van der Waals surface area contributed by atoms with E-state index in [0.717, 1.165) is 0 Å². The van der Waals surface area contributed by atoms with Gasteiger partial charge >= 0.3 is 0 Å². The molecule has 0 atom stereocenters. The quantitative estimate of drug-likeness (QED) is 0.582. The number of hydrogen-bond donors (Lipinski definition) is 1. The van der Waals surface area contributed by atoms with Gasteiger partial charge in [0.2, 0.25) is 5.91 Å². The summed E-state index contributed by atoms with van der Waals surface area (Å²) in [5, 5.41) is 2.44. The lowest BCUT2D eigenvalue weighted by molar-refractivity contribution is -0.129. The molecule has 21 heavy (non-hydrogen) atoms. The number of carbonyl (C=O) groups excluding carboxylic acids is 4. The van der Waals surface area contributed by atoms with Gasteiger partial charge in [0.15, 0.2) is 11.6 Å². The van der Waals surface area contributed by atoms with E-state index < -0.39 is 0 Å². The molecule has 1 N–H and O–H groups in total. The summed E-state index contributed by atoms with van der Waals surface area (Å²) in [5.41, 5.74) is 0. The van der Waals surface area contributed by atoms with E-state index in [-0.39, 0.29) is 62.1 Å². The average Bonchev–Trinajstić information content (AvgIpc) is 2.40. The zero-order chi connectivity index (χ0) is 16.3. The predicted octanol–water partition coefficient (Wildman–Crippen LogP) is 1.06. The van der Waals surface area contributed by atoms with E-state index in [1.165, 1.54) is 6.92 Å². The second-order valence-electron chi connectivity index (χ2n) is 5.47. The van der Waals surface area contributed by atoms with Crippen LogP contribution in [0.4, 0.5) is 0 Å². The number of rotatable bonds is 12. The van der Waals surface area contributed by atoms with Gasteiger partial charge in [-0.25, -0.2) is 0 Å². The highest BCUT2D eigenvalue weighted by molar-refractivity contribution is 5.90. The van der Waals surface area contributed by atoms with Crippen LogP contribution in [-0.2, 0) is 23.9 Å². The van der Waals surface area contributed by atoms with E-state index >= 15 is 0 Å². The summed E-state index contributed by atoms with van der Waals surface area (Å²) < 4.78 is 5.17. The first-order valence-corrected chi connectivity index (χ1v) is 7.18. The maximum atomic E-state index is 11.4. The van der Waals surface area contributed by atoms with E-state index in [1.807, 2.05) is 13.8 Å². The molecule has 0 radical (unpaired) electrons. The Labute approximate surface area is 125 Å². The lowest BCUT2D eigenvalue weighted by Crippen LogP contribution is -2.30. The van der Waals surface area contributed by atoms with Crippen LogP contribution < -0.4 is 5.32 Å². The van der Waals surface area contributed by atoms with Gasteiger partial charge in [0.25, 0.3) is 0 Å². The van der Waals surface area contributed by atoms with Gasteiger partial charge in [-0.05, 0) is 12.8 Å². The minimum Gasteiger partial charge on any atom is -0.373 e.